The molecule has 6 heteroatoms. The molecule has 29 heavy (non-hydrogen) atoms. The molecule has 0 spiro atoms. The average molecular weight is 421 g/mol. The summed E-state index contributed by atoms with van der Waals surface area (Å²) in [7, 11) is 0. The number of carboxylic acid groups (broad SMARTS) is 1. The highest BCUT2D eigenvalue weighted by Gasteiger charge is 2.40. The van der Waals surface area contributed by atoms with Crippen molar-refractivity contribution in [2.24, 2.45) is 11.8 Å². The maximum absolute atomic E-state index is 10.7. The molecule has 2 aromatic rings. The first-order chi connectivity index (χ1) is 14.0. The van der Waals surface area contributed by atoms with Crippen LogP contribution in [0.5, 0.6) is 0 Å². The monoisotopic (exact) mass is 420 g/mol. The van der Waals surface area contributed by atoms with Gasteiger partial charge in [-0.05, 0) is 61.5 Å². The van der Waals surface area contributed by atoms with E-state index in [0.717, 1.165) is 35.9 Å². The molecule has 1 heterocycles. The highest BCUT2D eigenvalue weighted by atomic mass is 32.1. The lowest BCUT2D eigenvalue weighted by Gasteiger charge is -2.24. The first kappa shape index (κ1) is 22.2. The Morgan fingerprint density at radius 2 is 1.72 bits per heavy atom. The summed E-state index contributed by atoms with van der Waals surface area (Å²) < 4.78 is 1.17. The molecule has 0 saturated heterocycles. The van der Waals surface area contributed by atoms with Gasteiger partial charge < -0.3 is 20.4 Å². The van der Waals surface area contributed by atoms with Crippen LogP contribution in [0.15, 0.2) is 30.3 Å². The third kappa shape index (κ3) is 6.01. The zero-order chi connectivity index (χ0) is 20.8. The third-order valence-corrected chi connectivity index (χ3v) is 7.46. The molecule has 0 radical (unpaired) electrons. The summed E-state index contributed by atoms with van der Waals surface area (Å²) >= 11 is 1.61. The smallest absolute Gasteiger partial charge is 0.303 e. The van der Waals surface area contributed by atoms with Crippen LogP contribution in [0.2, 0.25) is 0 Å². The number of aliphatic carboxylic acids is 1. The molecule has 4 N–H and O–H groups in total. The minimum atomic E-state index is -0.753. The van der Waals surface area contributed by atoms with Crippen molar-refractivity contribution >= 4 is 27.4 Å². The van der Waals surface area contributed by atoms with Crippen molar-refractivity contribution in [1.82, 2.24) is 0 Å². The highest BCUT2D eigenvalue weighted by Crippen LogP contribution is 2.41. The fourth-order valence-electron chi connectivity index (χ4n) is 4.65. The first-order valence-corrected chi connectivity index (χ1v) is 11.5. The summed E-state index contributed by atoms with van der Waals surface area (Å²) in [5.41, 5.74) is 0. The van der Waals surface area contributed by atoms with Gasteiger partial charge in [0.2, 0.25) is 0 Å². The van der Waals surface area contributed by atoms with Crippen LogP contribution in [0.3, 0.4) is 0 Å². The molecule has 0 amide bonds. The van der Waals surface area contributed by atoms with Crippen LogP contribution in [-0.2, 0) is 4.79 Å². The number of thiophene rings is 1. The fourth-order valence-corrected chi connectivity index (χ4v) is 5.73. The zero-order valence-corrected chi connectivity index (χ0v) is 17.6. The number of hydrogen-bond donors (Lipinski definition) is 4. The molecule has 0 aliphatic heterocycles. The molecule has 1 aromatic carbocycles. The molecular weight excluding hydrogens is 388 g/mol. The number of rotatable bonds is 11. The molecule has 160 valence electrons. The maximum Gasteiger partial charge on any atom is 0.303 e. The van der Waals surface area contributed by atoms with Crippen LogP contribution in [0.25, 0.3) is 10.1 Å². The summed E-state index contributed by atoms with van der Waals surface area (Å²) in [6.45, 7) is 0. The minimum absolute atomic E-state index is 0.00745. The Hall–Kier alpha value is -1.47. The first-order valence-electron chi connectivity index (χ1n) is 10.7. The number of fused-ring (bicyclic) bond motifs is 1. The molecular formula is C23H32O5S. The lowest BCUT2D eigenvalue weighted by molar-refractivity contribution is -0.137. The number of unbranched alkanes of at least 4 members (excludes halogenated alkanes) is 3. The molecule has 1 aliphatic rings. The zero-order valence-electron chi connectivity index (χ0n) is 16.7. The number of hydrogen-bond acceptors (Lipinski definition) is 5. The highest BCUT2D eigenvalue weighted by molar-refractivity contribution is 7.19. The molecule has 1 fully saturated rings. The standard InChI is InChI=1S/C23H32O5S/c24-18(22-13-15-7-5-6-9-21(15)29-22)12-11-17-16(19(25)14-20(17)26)8-3-1-2-4-10-23(27)28/h5-7,9,13,16-20,24-26H,1-4,8,10-12,14H2,(H,27,28)/t16-,17-,18+,19+,20-/m1/s1. The number of carboxylic acids is 1. The second kappa shape index (κ2) is 10.5. The van der Waals surface area contributed by atoms with Gasteiger partial charge >= 0.3 is 5.97 Å². The van der Waals surface area contributed by atoms with Gasteiger partial charge in [-0.3, -0.25) is 4.79 Å². The van der Waals surface area contributed by atoms with Crippen LogP contribution in [0.1, 0.15) is 68.8 Å². The van der Waals surface area contributed by atoms with E-state index in [2.05, 4.69) is 6.07 Å². The molecule has 0 bridgehead atoms. The third-order valence-electron chi connectivity index (χ3n) is 6.25. The summed E-state index contributed by atoms with van der Waals surface area (Å²) in [4.78, 5) is 11.5. The topological polar surface area (TPSA) is 98.0 Å². The Labute approximate surface area is 176 Å². The van der Waals surface area contributed by atoms with Crippen molar-refractivity contribution in [2.75, 3.05) is 0 Å². The summed E-state index contributed by atoms with van der Waals surface area (Å²) in [6, 6.07) is 10.1. The number of benzene rings is 1. The van der Waals surface area contributed by atoms with Gasteiger partial charge in [-0.25, -0.2) is 0 Å². The number of carbonyl (C=O) groups is 1. The van der Waals surface area contributed by atoms with E-state index in [0.29, 0.717) is 25.7 Å². The van der Waals surface area contributed by atoms with E-state index in [1.165, 1.54) is 4.70 Å². The van der Waals surface area contributed by atoms with Crippen LogP contribution in [-0.4, -0.2) is 38.6 Å². The molecule has 1 saturated carbocycles. The largest absolute Gasteiger partial charge is 0.481 e. The average Bonchev–Trinajstić information content (AvgIpc) is 3.23. The lowest BCUT2D eigenvalue weighted by atomic mass is 9.84. The van der Waals surface area contributed by atoms with Crippen LogP contribution in [0, 0.1) is 11.8 Å². The predicted octanol–water partition coefficient (Wildman–Crippen LogP) is 4.50. The van der Waals surface area contributed by atoms with Gasteiger partial charge in [-0.1, -0.05) is 37.5 Å². The van der Waals surface area contributed by atoms with Crippen molar-refractivity contribution in [3.8, 4) is 0 Å². The molecule has 3 rings (SSSR count). The van der Waals surface area contributed by atoms with Crippen molar-refractivity contribution in [3.63, 3.8) is 0 Å². The minimum Gasteiger partial charge on any atom is -0.481 e. The Balaban J connectivity index is 1.48. The van der Waals surface area contributed by atoms with E-state index in [1.54, 1.807) is 11.3 Å². The summed E-state index contributed by atoms with van der Waals surface area (Å²) in [5.74, 6) is -0.691. The van der Waals surface area contributed by atoms with Gasteiger partial charge in [0.05, 0.1) is 18.3 Å². The van der Waals surface area contributed by atoms with Crippen molar-refractivity contribution < 1.29 is 25.2 Å². The van der Waals surface area contributed by atoms with E-state index in [4.69, 9.17) is 5.11 Å². The Morgan fingerprint density at radius 3 is 2.45 bits per heavy atom. The number of aliphatic hydroxyl groups is 3. The van der Waals surface area contributed by atoms with Gasteiger partial charge in [-0.15, -0.1) is 11.3 Å². The van der Waals surface area contributed by atoms with Gasteiger partial charge in [0.25, 0.3) is 0 Å². The predicted molar refractivity (Wildman–Crippen MR) is 115 cm³/mol. The van der Waals surface area contributed by atoms with E-state index >= 15 is 0 Å². The molecule has 1 aliphatic carbocycles. The van der Waals surface area contributed by atoms with Crippen LogP contribution < -0.4 is 0 Å². The van der Waals surface area contributed by atoms with Gasteiger partial charge in [0, 0.05) is 16.0 Å². The molecule has 5 nitrogen and oxygen atoms in total. The maximum atomic E-state index is 10.7. The Morgan fingerprint density at radius 1 is 1.03 bits per heavy atom. The van der Waals surface area contributed by atoms with Gasteiger partial charge in [0.15, 0.2) is 0 Å². The second-order valence-electron chi connectivity index (χ2n) is 8.32. The quantitative estimate of drug-likeness (QED) is 0.401. The summed E-state index contributed by atoms with van der Waals surface area (Å²) in [5, 5.41) is 41.3. The Kier molecular flexibility index (Phi) is 8.07. The van der Waals surface area contributed by atoms with Crippen molar-refractivity contribution in [3.05, 3.63) is 35.2 Å². The summed E-state index contributed by atoms with van der Waals surface area (Å²) in [6.07, 6.45) is 4.64. The van der Waals surface area contributed by atoms with Gasteiger partial charge in [0.1, 0.15) is 0 Å². The van der Waals surface area contributed by atoms with E-state index in [9.17, 15) is 20.1 Å². The number of aliphatic hydroxyl groups excluding tert-OH is 3. The van der Waals surface area contributed by atoms with E-state index in [1.807, 2.05) is 24.3 Å². The molecule has 1 aromatic heterocycles. The van der Waals surface area contributed by atoms with Gasteiger partial charge in [-0.2, -0.15) is 0 Å². The van der Waals surface area contributed by atoms with E-state index in [-0.39, 0.29) is 18.3 Å². The Bertz CT molecular complexity index is 755. The SMILES string of the molecule is O=C(O)CCCCCC[C@@H]1[C@@H](CC[C@H](O)c2cc3ccccc3s2)[C@H](O)C[C@@H]1O. The molecule has 5 atom stereocenters. The van der Waals surface area contributed by atoms with E-state index < -0.39 is 24.3 Å². The van der Waals surface area contributed by atoms with Crippen LogP contribution in [0.4, 0.5) is 0 Å². The van der Waals surface area contributed by atoms with Crippen molar-refractivity contribution in [1.29, 1.82) is 0 Å². The van der Waals surface area contributed by atoms with Crippen molar-refractivity contribution in [2.45, 2.75) is 76.1 Å². The van der Waals surface area contributed by atoms with Crippen LogP contribution >= 0.6 is 11.3 Å². The molecule has 0 unspecified atom stereocenters. The lowest BCUT2D eigenvalue weighted by Crippen LogP contribution is -2.23. The fraction of sp³-hybridized carbons (Fsp3) is 0.609. The second-order valence-corrected chi connectivity index (χ2v) is 9.44. The normalized spacial score (nSPS) is 25.5.